The van der Waals surface area contributed by atoms with E-state index in [1.807, 2.05) is 0 Å². The first-order chi connectivity index (χ1) is 16.4. The summed E-state index contributed by atoms with van der Waals surface area (Å²) in [4.78, 5) is 17.9. The third-order valence-electron chi connectivity index (χ3n) is 5.21. The molecular formula is C24H23F2N5O3. The molecule has 2 aromatic rings. The fourth-order valence-corrected chi connectivity index (χ4v) is 3.64. The van der Waals surface area contributed by atoms with Crippen LogP contribution >= 0.6 is 0 Å². The minimum atomic E-state index is -2.62. The maximum absolute atomic E-state index is 13.7. The number of allylic oxidation sites excluding steroid dienone is 5. The Morgan fingerprint density at radius 2 is 2.15 bits per heavy atom. The van der Waals surface area contributed by atoms with E-state index in [-0.39, 0.29) is 5.56 Å². The number of methoxy groups -OCH3 is 1. The van der Waals surface area contributed by atoms with Crippen molar-refractivity contribution >= 4 is 23.2 Å². The molecule has 176 valence electrons. The number of rotatable bonds is 7. The van der Waals surface area contributed by atoms with Crippen LogP contribution in [-0.2, 0) is 4.74 Å². The van der Waals surface area contributed by atoms with Gasteiger partial charge in [0.05, 0.1) is 24.7 Å². The van der Waals surface area contributed by atoms with E-state index in [4.69, 9.17) is 14.9 Å². The summed E-state index contributed by atoms with van der Waals surface area (Å²) in [6.45, 7) is -0.742. The first-order valence-corrected chi connectivity index (χ1v) is 10.4. The van der Waals surface area contributed by atoms with Crippen LogP contribution in [0.25, 0.3) is 17.3 Å². The van der Waals surface area contributed by atoms with Crippen molar-refractivity contribution in [1.82, 2.24) is 14.9 Å². The molecule has 0 amide bonds. The van der Waals surface area contributed by atoms with Crippen LogP contribution in [0.2, 0.25) is 0 Å². The summed E-state index contributed by atoms with van der Waals surface area (Å²) in [6.07, 6.45) is 8.16. The molecule has 0 fully saturated rings. The molecular weight excluding hydrogens is 444 g/mol. The van der Waals surface area contributed by atoms with Crippen LogP contribution in [0.5, 0.6) is 5.88 Å². The molecule has 0 saturated heterocycles. The number of nitrogens with one attached hydrogen (secondary N) is 3. The molecule has 3 N–H and O–H groups in total. The zero-order valence-electron chi connectivity index (χ0n) is 18.5. The van der Waals surface area contributed by atoms with Gasteiger partial charge in [0.15, 0.2) is 0 Å². The van der Waals surface area contributed by atoms with Gasteiger partial charge < -0.3 is 25.5 Å². The number of pyridine rings is 2. The highest BCUT2D eigenvalue weighted by Gasteiger charge is 2.23. The predicted molar refractivity (Wildman–Crippen MR) is 127 cm³/mol. The number of aromatic nitrogens is 2. The quantitative estimate of drug-likeness (QED) is 0.577. The predicted octanol–water partition coefficient (Wildman–Crippen LogP) is 3.36. The number of halogens is 2. The monoisotopic (exact) mass is 467 g/mol. The Bertz CT molecular complexity index is 1280. The minimum Gasteiger partial charge on any atom is -0.481 e. The number of fused-ring (bicyclic) bond motifs is 1. The molecule has 3 heterocycles. The van der Waals surface area contributed by atoms with Gasteiger partial charge in [-0.2, -0.15) is 0 Å². The molecule has 1 atom stereocenters. The average molecular weight is 467 g/mol. The lowest BCUT2D eigenvalue weighted by molar-refractivity contribution is 0.00179. The fraction of sp³-hybridized carbons (Fsp3) is 0.208. The molecule has 0 spiro atoms. The van der Waals surface area contributed by atoms with E-state index < -0.39 is 19.3 Å². The smallest absolute Gasteiger partial charge is 0.264 e. The summed E-state index contributed by atoms with van der Waals surface area (Å²) in [6, 6.07) is 5.03. The van der Waals surface area contributed by atoms with Gasteiger partial charge in [0.2, 0.25) is 5.88 Å². The highest BCUT2D eigenvalue weighted by molar-refractivity contribution is 6.13. The number of ether oxygens (including phenoxy) is 2. The van der Waals surface area contributed by atoms with Crippen molar-refractivity contribution in [2.24, 2.45) is 0 Å². The highest BCUT2D eigenvalue weighted by atomic mass is 19.3. The van der Waals surface area contributed by atoms with E-state index in [1.165, 1.54) is 17.9 Å². The minimum absolute atomic E-state index is 0.316. The molecule has 2 aromatic heterocycles. The van der Waals surface area contributed by atoms with E-state index in [9.17, 15) is 13.6 Å². The van der Waals surface area contributed by atoms with Crippen molar-refractivity contribution in [3.8, 4) is 11.6 Å². The van der Waals surface area contributed by atoms with Crippen molar-refractivity contribution in [3.05, 3.63) is 82.0 Å². The lowest BCUT2D eigenvalue weighted by Crippen LogP contribution is -2.32. The Labute approximate surface area is 194 Å². The molecule has 2 aliphatic rings. The van der Waals surface area contributed by atoms with E-state index in [0.717, 1.165) is 0 Å². The van der Waals surface area contributed by atoms with Gasteiger partial charge in [0, 0.05) is 36.0 Å². The Morgan fingerprint density at radius 1 is 1.32 bits per heavy atom. The second kappa shape index (κ2) is 9.84. The lowest BCUT2D eigenvalue weighted by Gasteiger charge is -2.26. The van der Waals surface area contributed by atoms with Gasteiger partial charge in [-0.25, -0.2) is 13.8 Å². The third kappa shape index (κ3) is 4.67. The number of hydrogen-bond acceptors (Lipinski definition) is 7. The van der Waals surface area contributed by atoms with Crippen LogP contribution in [0, 0.1) is 5.41 Å². The topological polar surface area (TPSA) is 101 Å². The van der Waals surface area contributed by atoms with Crippen LogP contribution in [0.15, 0.2) is 65.3 Å². The highest BCUT2D eigenvalue weighted by Crippen LogP contribution is 2.30. The van der Waals surface area contributed by atoms with Gasteiger partial charge in [0.25, 0.3) is 12.0 Å². The molecule has 34 heavy (non-hydrogen) atoms. The van der Waals surface area contributed by atoms with E-state index >= 15 is 0 Å². The van der Waals surface area contributed by atoms with Gasteiger partial charge in [-0.05, 0) is 35.9 Å². The van der Waals surface area contributed by atoms with Crippen molar-refractivity contribution in [2.45, 2.75) is 12.7 Å². The third-order valence-corrected chi connectivity index (χ3v) is 5.21. The lowest BCUT2D eigenvalue weighted by atomic mass is 9.95. The van der Waals surface area contributed by atoms with Gasteiger partial charge in [0.1, 0.15) is 18.7 Å². The van der Waals surface area contributed by atoms with Crippen molar-refractivity contribution < 1.29 is 18.3 Å². The first-order valence-electron chi connectivity index (χ1n) is 10.4. The Hall–Kier alpha value is -4.05. The normalized spacial score (nSPS) is 18.0. The number of hydrogen-bond donors (Lipinski definition) is 3. The Balaban J connectivity index is 1.86. The average Bonchev–Trinajstić information content (AvgIpc) is 2.84. The molecule has 0 radical (unpaired) electrons. The maximum atomic E-state index is 13.7. The second-order valence-electron chi connectivity index (χ2n) is 7.44. The second-order valence-corrected chi connectivity index (χ2v) is 7.44. The molecule has 0 bridgehead atoms. The molecule has 4 rings (SSSR count). The van der Waals surface area contributed by atoms with Crippen LogP contribution in [-0.4, -0.2) is 48.7 Å². The largest absolute Gasteiger partial charge is 0.481 e. The SMILES string of the molecule is CN/C=C1/C=C(c2cc3c(n(-c4ccc(OC)nc4)c2=O)NC(OCC(F)F)C=C3)C=CC1=N. The van der Waals surface area contributed by atoms with E-state index in [0.29, 0.717) is 45.4 Å². The van der Waals surface area contributed by atoms with Crippen LogP contribution in [0.4, 0.5) is 14.6 Å². The molecule has 1 aliphatic carbocycles. The summed E-state index contributed by atoms with van der Waals surface area (Å²) in [5.74, 6) is 0.771. The molecule has 0 aromatic carbocycles. The molecule has 1 aliphatic heterocycles. The van der Waals surface area contributed by atoms with Crippen molar-refractivity contribution in [1.29, 1.82) is 5.41 Å². The van der Waals surface area contributed by atoms with Crippen molar-refractivity contribution in [2.75, 3.05) is 26.1 Å². The number of alkyl halides is 2. The van der Waals surface area contributed by atoms with Gasteiger partial charge >= 0.3 is 0 Å². The summed E-state index contributed by atoms with van der Waals surface area (Å²) in [5, 5.41) is 14.0. The summed E-state index contributed by atoms with van der Waals surface area (Å²) >= 11 is 0. The van der Waals surface area contributed by atoms with Gasteiger partial charge in [-0.1, -0.05) is 12.2 Å². The molecule has 0 saturated carbocycles. The Morgan fingerprint density at radius 3 is 2.82 bits per heavy atom. The fourth-order valence-electron chi connectivity index (χ4n) is 3.64. The summed E-state index contributed by atoms with van der Waals surface area (Å²) < 4.78 is 37.0. The van der Waals surface area contributed by atoms with Crippen LogP contribution in [0.3, 0.4) is 0 Å². The van der Waals surface area contributed by atoms with Gasteiger partial charge in [-0.15, -0.1) is 0 Å². The van der Waals surface area contributed by atoms with Crippen molar-refractivity contribution in [3.63, 3.8) is 0 Å². The first kappa shape index (κ1) is 23.1. The summed E-state index contributed by atoms with van der Waals surface area (Å²) in [7, 11) is 3.22. The summed E-state index contributed by atoms with van der Waals surface area (Å²) in [5.41, 5.74) is 2.74. The van der Waals surface area contributed by atoms with Gasteiger partial charge in [-0.3, -0.25) is 9.36 Å². The Kier molecular flexibility index (Phi) is 6.69. The van der Waals surface area contributed by atoms with E-state index in [1.54, 1.807) is 61.8 Å². The van der Waals surface area contributed by atoms with Crippen LogP contribution in [0.1, 0.15) is 11.1 Å². The molecule has 1 unspecified atom stereocenters. The van der Waals surface area contributed by atoms with Crippen LogP contribution < -0.4 is 20.9 Å². The molecule has 8 nitrogen and oxygen atoms in total. The standard InChI is InChI=1S/C24H23F2N5O3/c1-28-11-16-9-14(3-6-19(16)27)18-10-15-4-7-22(34-13-20(25)26)30-23(15)31(24(18)32)17-5-8-21(33-2)29-12-17/h3-12,20,22,27-28,30H,13H2,1-2H3/b16-11-,27-19?. The number of nitrogens with zero attached hydrogens (tertiary/aromatic N) is 2. The zero-order chi connectivity index (χ0) is 24.2. The zero-order valence-corrected chi connectivity index (χ0v) is 18.5. The molecule has 10 heteroatoms. The maximum Gasteiger partial charge on any atom is 0.264 e. The number of anilines is 1. The van der Waals surface area contributed by atoms with E-state index in [2.05, 4.69) is 15.6 Å².